The van der Waals surface area contributed by atoms with Gasteiger partial charge in [0, 0.05) is 88.1 Å². The first kappa shape index (κ1) is 60.6. The Kier molecular flexibility index (Phi) is 14.2. The minimum Gasteiger partial charge on any atom is -0.309 e. The zero-order chi connectivity index (χ0) is 69.8. The van der Waals surface area contributed by atoms with Gasteiger partial charge in [0.25, 0.3) is 0 Å². The SMILES string of the molecule is c1cc(-c2ccc(-c3cc(-c4ccc(-n5c6ccccc6c6ccccc65)cc4)nc(-c4ccc(-n5c6ccccc6c6ccccc65)cc4)c3)cc2)cc(-c2cccc(-c3cc(-c4ccc(-n5c6ccccc6c6ccccc65)cc4)nc(-c4ccc(-n5c6ccccc6c6ccccc65)cc4)c3)c2)c1. The molecule has 0 aliphatic carbocycles. The van der Waals surface area contributed by atoms with Crippen LogP contribution < -0.4 is 0 Å². The number of nitrogens with zero attached hydrogens (tertiary/aromatic N) is 6. The van der Waals surface area contributed by atoms with E-state index < -0.39 is 0 Å². The Labute approximate surface area is 612 Å². The van der Waals surface area contributed by atoms with Crippen LogP contribution in [-0.4, -0.2) is 28.2 Å². The van der Waals surface area contributed by atoms with Crippen LogP contribution in [0.1, 0.15) is 0 Å². The van der Waals surface area contributed by atoms with E-state index in [-0.39, 0.29) is 0 Å². The highest BCUT2D eigenvalue weighted by atomic mass is 15.0. The minimum atomic E-state index is 0.901. The molecular weight excluding hydrogens is 1290 g/mol. The van der Waals surface area contributed by atoms with Gasteiger partial charge in [-0.15, -0.1) is 0 Å². The van der Waals surface area contributed by atoms with Gasteiger partial charge >= 0.3 is 0 Å². The summed E-state index contributed by atoms with van der Waals surface area (Å²) in [6.45, 7) is 0. The van der Waals surface area contributed by atoms with E-state index in [1.54, 1.807) is 0 Å². The average Bonchev–Trinajstić information content (AvgIpc) is 1.62. The summed E-state index contributed by atoms with van der Waals surface area (Å²) in [5.41, 5.74) is 30.6. The van der Waals surface area contributed by atoms with Gasteiger partial charge in [-0.1, -0.05) is 255 Å². The van der Waals surface area contributed by atoms with E-state index in [1.807, 2.05) is 0 Å². The van der Waals surface area contributed by atoms with Gasteiger partial charge in [0.05, 0.1) is 66.9 Å². The van der Waals surface area contributed by atoms with E-state index in [4.69, 9.17) is 9.97 Å². The van der Waals surface area contributed by atoms with Crippen LogP contribution in [0.25, 0.3) is 200 Å². The van der Waals surface area contributed by atoms with E-state index >= 15 is 0 Å². The van der Waals surface area contributed by atoms with Crippen LogP contribution in [0.2, 0.25) is 0 Å². The molecule has 0 saturated carbocycles. The first-order chi connectivity index (χ1) is 52.5. The lowest BCUT2D eigenvalue weighted by molar-refractivity contribution is 1.18. The summed E-state index contributed by atoms with van der Waals surface area (Å²) in [4.78, 5) is 11.0. The molecule has 0 atom stereocenters. The molecule has 21 aromatic rings. The first-order valence-electron chi connectivity index (χ1n) is 36.3. The Hall–Kier alpha value is -14.2. The van der Waals surface area contributed by atoms with Crippen LogP contribution in [0.4, 0.5) is 0 Å². The number of hydrogen-bond acceptors (Lipinski definition) is 2. The molecule has 0 N–H and O–H groups in total. The Bertz CT molecular complexity index is 6460. The fraction of sp³-hybridized carbons (Fsp3) is 0. The molecule has 6 heterocycles. The van der Waals surface area contributed by atoms with Crippen molar-refractivity contribution < 1.29 is 0 Å². The monoisotopic (exact) mass is 1350 g/mol. The number of fused-ring (bicyclic) bond motifs is 12. The summed E-state index contributed by atoms with van der Waals surface area (Å²) in [6, 6.07) is 141. The second-order valence-electron chi connectivity index (χ2n) is 27.7. The zero-order valence-electron chi connectivity index (χ0n) is 57.6. The maximum Gasteiger partial charge on any atom is 0.0715 e. The van der Waals surface area contributed by atoms with Gasteiger partial charge in [-0.25, -0.2) is 9.97 Å². The van der Waals surface area contributed by atoms with Gasteiger partial charge < -0.3 is 18.3 Å². The third kappa shape index (κ3) is 10.2. The molecule has 15 aromatic carbocycles. The Morgan fingerprint density at radius 2 is 0.311 bits per heavy atom. The molecular formula is C100H64N6. The normalized spacial score (nSPS) is 11.8. The van der Waals surface area contributed by atoms with Gasteiger partial charge in [-0.3, -0.25) is 0 Å². The number of rotatable bonds is 12. The summed E-state index contributed by atoms with van der Waals surface area (Å²) in [5.74, 6) is 0. The molecule has 6 heteroatoms. The lowest BCUT2D eigenvalue weighted by atomic mass is 9.94. The average molecular weight is 1350 g/mol. The topological polar surface area (TPSA) is 45.5 Å². The summed E-state index contributed by atoms with van der Waals surface area (Å²) in [7, 11) is 0. The summed E-state index contributed by atoms with van der Waals surface area (Å²) in [6.07, 6.45) is 0. The van der Waals surface area contributed by atoms with Crippen LogP contribution >= 0.6 is 0 Å². The fourth-order valence-electron chi connectivity index (χ4n) is 16.5. The largest absolute Gasteiger partial charge is 0.309 e. The van der Waals surface area contributed by atoms with Gasteiger partial charge in [0.15, 0.2) is 0 Å². The lowest BCUT2D eigenvalue weighted by Gasteiger charge is -2.14. The molecule has 0 radical (unpaired) electrons. The number of benzene rings is 15. The van der Waals surface area contributed by atoms with Crippen molar-refractivity contribution in [3.8, 4) is 112 Å². The molecule has 0 amide bonds. The molecule has 21 rings (SSSR count). The van der Waals surface area contributed by atoms with E-state index in [2.05, 4.69) is 407 Å². The molecule has 106 heavy (non-hydrogen) atoms. The second-order valence-corrected chi connectivity index (χ2v) is 27.7. The molecule has 494 valence electrons. The molecule has 6 nitrogen and oxygen atoms in total. The number of hydrogen-bond donors (Lipinski definition) is 0. The van der Waals surface area contributed by atoms with Crippen molar-refractivity contribution in [3.63, 3.8) is 0 Å². The van der Waals surface area contributed by atoms with Crippen LogP contribution in [0.5, 0.6) is 0 Å². The van der Waals surface area contributed by atoms with Crippen molar-refractivity contribution in [1.82, 2.24) is 28.2 Å². The maximum atomic E-state index is 5.51. The van der Waals surface area contributed by atoms with Crippen LogP contribution in [0.3, 0.4) is 0 Å². The Balaban J connectivity index is 0.622. The highest BCUT2D eigenvalue weighted by Gasteiger charge is 2.20. The van der Waals surface area contributed by atoms with Gasteiger partial charge in [0.1, 0.15) is 0 Å². The predicted octanol–water partition coefficient (Wildman–Crippen LogP) is 26.2. The molecule has 0 unspecified atom stereocenters. The standard InChI is InChI=1S/C100H64N6/c1-9-31-93-81(23-1)82-24-2-10-32-94(82)103(93)77-51-43-67(44-52-77)89-61-75(62-90(101-89)68-45-53-78(54-46-68)104-95-33-11-3-25-83(95)84-26-4-12-34-96(84)104)66-41-39-65(40-42-66)71-19-17-20-72(59-71)73-21-18-22-74(60-73)76-63-91(69-47-55-79(56-48-69)105-97-35-13-5-27-85(97)86-28-6-14-36-98(86)105)102-92(64-76)70-49-57-80(58-50-70)106-99-37-15-7-29-87(99)88-30-8-16-38-100(88)106/h1-64H. The third-order valence-electron chi connectivity index (χ3n) is 21.6. The molecule has 0 aliphatic heterocycles. The predicted molar refractivity (Wildman–Crippen MR) is 443 cm³/mol. The molecule has 0 spiro atoms. The fourth-order valence-corrected chi connectivity index (χ4v) is 16.5. The summed E-state index contributed by atoms with van der Waals surface area (Å²) >= 11 is 0. The van der Waals surface area contributed by atoms with Crippen molar-refractivity contribution >= 4 is 87.2 Å². The molecule has 0 bridgehead atoms. The van der Waals surface area contributed by atoms with Crippen molar-refractivity contribution in [2.45, 2.75) is 0 Å². The number of aromatic nitrogens is 6. The lowest BCUT2D eigenvalue weighted by Crippen LogP contribution is -1.96. The van der Waals surface area contributed by atoms with E-state index in [9.17, 15) is 0 Å². The smallest absolute Gasteiger partial charge is 0.0715 e. The van der Waals surface area contributed by atoms with Crippen molar-refractivity contribution in [1.29, 1.82) is 0 Å². The van der Waals surface area contributed by atoms with Gasteiger partial charge in [-0.2, -0.15) is 0 Å². The van der Waals surface area contributed by atoms with Gasteiger partial charge in [-0.05, 0) is 178 Å². The Morgan fingerprint density at radius 1 is 0.132 bits per heavy atom. The number of pyridine rings is 2. The van der Waals surface area contributed by atoms with Crippen molar-refractivity contribution in [2.24, 2.45) is 0 Å². The highest BCUT2D eigenvalue weighted by molar-refractivity contribution is 6.12. The third-order valence-corrected chi connectivity index (χ3v) is 21.6. The zero-order valence-corrected chi connectivity index (χ0v) is 57.6. The second kappa shape index (κ2) is 24.8. The quantitative estimate of drug-likeness (QED) is 0.122. The first-order valence-corrected chi connectivity index (χ1v) is 36.3. The highest BCUT2D eigenvalue weighted by Crippen LogP contribution is 2.41. The van der Waals surface area contributed by atoms with E-state index in [0.29, 0.717) is 0 Å². The minimum absolute atomic E-state index is 0.901. The molecule has 0 aliphatic rings. The van der Waals surface area contributed by atoms with Crippen LogP contribution in [0.15, 0.2) is 388 Å². The molecule has 0 saturated heterocycles. The van der Waals surface area contributed by atoms with Gasteiger partial charge in [0.2, 0.25) is 0 Å². The van der Waals surface area contributed by atoms with Crippen LogP contribution in [-0.2, 0) is 0 Å². The van der Waals surface area contributed by atoms with Crippen molar-refractivity contribution in [3.05, 3.63) is 388 Å². The summed E-state index contributed by atoms with van der Waals surface area (Å²) in [5, 5.41) is 9.93. The molecule has 6 aromatic heterocycles. The van der Waals surface area contributed by atoms with Crippen LogP contribution in [0, 0.1) is 0 Å². The summed E-state index contributed by atoms with van der Waals surface area (Å²) < 4.78 is 9.47. The molecule has 0 fully saturated rings. The van der Waals surface area contributed by atoms with Crippen molar-refractivity contribution in [2.75, 3.05) is 0 Å². The van der Waals surface area contributed by atoms with E-state index in [1.165, 1.54) is 87.2 Å². The maximum absolute atomic E-state index is 5.51. The Morgan fingerprint density at radius 3 is 0.547 bits per heavy atom. The number of para-hydroxylation sites is 8. The van der Waals surface area contributed by atoms with E-state index in [0.717, 1.165) is 112 Å².